The first-order valence-electron chi connectivity index (χ1n) is 6.21. The Morgan fingerprint density at radius 3 is 2.41 bits per heavy atom. The third-order valence-electron chi connectivity index (χ3n) is 2.44. The molecule has 0 unspecified atom stereocenters. The third kappa shape index (κ3) is 4.62. The Kier molecular flexibility index (Phi) is 4.92. The van der Waals surface area contributed by atoms with Gasteiger partial charge in [-0.1, -0.05) is 6.07 Å². The van der Waals surface area contributed by atoms with Crippen LogP contribution in [0.1, 0.15) is 32.4 Å². The number of carbonyl (C=O) groups is 2. The molecular weight excluding hydrogens is 296 g/mol. The molecular formula is C13H16N2O7. The van der Waals surface area contributed by atoms with Crippen molar-refractivity contribution in [1.29, 1.82) is 0 Å². The number of aromatic hydroxyl groups is 1. The van der Waals surface area contributed by atoms with Gasteiger partial charge in [-0.05, 0) is 32.4 Å². The molecule has 0 aliphatic heterocycles. The Labute approximate surface area is 125 Å². The largest absolute Gasteiger partial charge is 0.502 e. The second-order valence-electron chi connectivity index (χ2n) is 5.42. The van der Waals surface area contributed by atoms with E-state index in [9.17, 15) is 29.9 Å². The Bertz CT molecular complexity index is 607. The quantitative estimate of drug-likeness (QED) is 0.570. The fraction of sp³-hybridized carbons (Fsp3) is 0.385. The zero-order valence-corrected chi connectivity index (χ0v) is 12.2. The van der Waals surface area contributed by atoms with Gasteiger partial charge in [0, 0.05) is 6.07 Å². The van der Waals surface area contributed by atoms with Gasteiger partial charge in [0.1, 0.15) is 5.60 Å². The minimum atomic E-state index is -1.55. The molecule has 0 saturated heterocycles. The molecule has 1 aromatic carbocycles. The molecule has 0 aliphatic carbocycles. The predicted octanol–water partition coefficient (Wildman–Crippen LogP) is 1.95. The van der Waals surface area contributed by atoms with Gasteiger partial charge in [-0.3, -0.25) is 10.1 Å². The van der Waals surface area contributed by atoms with Gasteiger partial charge < -0.3 is 20.3 Å². The van der Waals surface area contributed by atoms with Crippen LogP contribution in [-0.2, 0) is 9.53 Å². The number of nitrogens with zero attached hydrogens (tertiary/aromatic N) is 1. The molecule has 9 heteroatoms. The molecule has 0 aliphatic rings. The topological polar surface area (TPSA) is 139 Å². The Balaban J connectivity index is 3.07. The number of aliphatic carboxylic acids is 1. The number of carboxylic acid groups (broad SMARTS) is 1. The number of carbonyl (C=O) groups excluding carboxylic acids is 1. The van der Waals surface area contributed by atoms with Crippen LogP contribution in [-0.4, -0.2) is 32.8 Å². The number of rotatable bonds is 4. The van der Waals surface area contributed by atoms with Crippen LogP contribution < -0.4 is 5.32 Å². The predicted molar refractivity (Wildman–Crippen MR) is 74.5 cm³/mol. The minimum absolute atomic E-state index is 0.0668. The molecule has 1 amide bonds. The summed E-state index contributed by atoms with van der Waals surface area (Å²) in [4.78, 5) is 32.8. The molecule has 120 valence electrons. The number of ether oxygens (including phenoxy) is 1. The van der Waals surface area contributed by atoms with Crippen molar-refractivity contribution in [3.05, 3.63) is 33.9 Å². The third-order valence-corrected chi connectivity index (χ3v) is 2.44. The monoisotopic (exact) mass is 312 g/mol. The van der Waals surface area contributed by atoms with Crippen molar-refractivity contribution in [2.75, 3.05) is 0 Å². The number of alkyl carbamates (subject to hydrolysis) is 1. The van der Waals surface area contributed by atoms with E-state index in [1.807, 2.05) is 0 Å². The minimum Gasteiger partial charge on any atom is -0.502 e. The highest BCUT2D eigenvalue weighted by molar-refractivity contribution is 5.81. The normalized spacial score (nSPS) is 12.3. The number of hydrogen-bond donors (Lipinski definition) is 3. The fourth-order valence-electron chi connectivity index (χ4n) is 1.58. The van der Waals surface area contributed by atoms with Gasteiger partial charge >= 0.3 is 17.7 Å². The fourth-order valence-corrected chi connectivity index (χ4v) is 1.58. The number of phenolic OH excluding ortho intramolecular Hbond substituents is 1. The summed E-state index contributed by atoms with van der Waals surface area (Å²) in [7, 11) is 0. The van der Waals surface area contributed by atoms with E-state index in [1.54, 1.807) is 20.8 Å². The number of nitro groups is 1. The number of amides is 1. The van der Waals surface area contributed by atoms with Gasteiger partial charge in [-0.2, -0.15) is 0 Å². The maximum Gasteiger partial charge on any atom is 0.408 e. The van der Waals surface area contributed by atoms with Crippen molar-refractivity contribution in [1.82, 2.24) is 5.32 Å². The second-order valence-corrected chi connectivity index (χ2v) is 5.42. The van der Waals surface area contributed by atoms with Crippen LogP contribution in [0, 0.1) is 10.1 Å². The molecule has 0 radical (unpaired) electrons. The molecule has 22 heavy (non-hydrogen) atoms. The molecule has 0 fully saturated rings. The number of nitro benzene ring substituents is 1. The molecule has 0 heterocycles. The van der Waals surface area contributed by atoms with Crippen LogP contribution in [0.4, 0.5) is 10.5 Å². The average molecular weight is 312 g/mol. The maximum atomic E-state index is 11.7. The van der Waals surface area contributed by atoms with Crippen molar-refractivity contribution >= 4 is 17.7 Å². The molecule has 0 spiro atoms. The van der Waals surface area contributed by atoms with Crippen LogP contribution in [0.5, 0.6) is 5.75 Å². The van der Waals surface area contributed by atoms with Crippen molar-refractivity contribution in [2.24, 2.45) is 0 Å². The van der Waals surface area contributed by atoms with Crippen molar-refractivity contribution in [3.8, 4) is 5.75 Å². The first-order valence-corrected chi connectivity index (χ1v) is 6.21. The molecule has 1 atom stereocenters. The van der Waals surface area contributed by atoms with Crippen LogP contribution in [0.2, 0.25) is 0 Å². The SMILES string of the molecule is CC(C)(C)OC(=O)N[C@@H](C(=O)O)c1ccc(O)c([N+](=O)[O-])c1. The van der Waals surface area contributed by atoms with Gasteiger partial charge in [-0.15, -0.1) is 0 Å². The highest BCUT2D eigenvalue weighted by Crippen LogP contribution is 2.29. The summed E-state index contributed by atoms with van der Waals surface area (Å²) in [5.41, 5.74) is -1.55. The highest BCUT2D eigenvalue weighted by atomic mass is 16.6. The summed E-state index contributed by atoms with van der Waals surface area (Å²) < 4.78 is 4.94. The lowest BCUT2D eigenvalue weighted by Gasteiger charge is -2.22. The van der Waals surface area contributed by atoms with Gasteiger partial charge in [0.2, 0.25) is 0 Å². The summed E-state index contributed by atoms with van der Waals surface area (Å²) in [5.74, 6) is -2.03. The zero-order chi connectivity index (χ0) is 17.1. The van der Waals surface area contributed by atoms with Crippen LogP contribution >= 0.6 is 0 Å². The lowest BCUT2D eigenvalue weighted by molar-refractivity contribution is -0.385. The number of carboxylic acids is 1. The van der Waals surface area contributed by atoms with Crippen molar-refractivity contribution < 1.29 is 29.5 Å². The van der Waals surface area contributed by atoms with E-state index in [0.29, 0.717) is 0 Å². The Morgan fingerprint density at radius 1 is 1.36 bits per heavy atom. The van der Waals surface area contributed by atoms with E-state index in [4.69, 9.17) is 4.74 Å². The Hall–Kier alpha value is -2.84. The lowest BCUT2D eigenvalue weighted by Crippen LogP contribution is -2.38. The smallest absolute Gasteiger partial charge is 0.408 e. The highest BCUT2D eigenvalue weighted by Gasteiger charge is 2.27. The summed E-state index contributed by atoms with van der Waals surface area (Å²) in [6.45, 7) is 4.81. The number of nitrogens with one attached hydrogen (secondary N) is 1. The van der Waals surface area contributed by atoms with Crippen molar-refractivity contribution in [3.63, 3.8) is 0 Å². The second kappa shape index (κ2) is 6.29. The van der Waals surface area contributed by atoms with E-state index < -0.39 is 40.1 Å². The molecule has 3 N–H and O–H groups in total. The zero-order valence-electron chi connectivity index (χ0n) is 12.2. The van der Waals surface area contributed by atoms with Crippen molar-refractivity contribution in [2.45, 2.75) is 32.4 Å². The molecule has 1 rings (SSSR count). The van der Waals surface area contributed by atoms with Gasteiger partial charge in [-0.25, -0.2) is 9.59 Å². The molecule has 0 saturated carbocycles. The summed E-state index contributed by atoms with van der Waals surface area (Å²) >= 11 is 0. The maximum absolute atomic E-state index is 11.7. The summed E-state index contributed by atoms with van der Waals surface area (Å²) in [5, 5.41) is 31.4. The van der Waals surface area contributed by atoms with Crippen LogP contribution in [0.15, 0.2) is 18.2 Å². The van der Waals surface area contributed by atoms with E-state index in [2.05, 4.69) is 5.32 Å². The molecule has 9 nitrogen and oxygen atoms in total. The molecule has 1 aromatic rings. The molecule has 0 aromatic heterocycles. The number of phenols is 1. The summed E-state index contributed by atoms with van der Waals surface area (Å²) in [6, 6.07) is 1.48. The van der Waals surface area contributed by atoms with E-state index in [0.717, 1.165) is 12.1 Å². The summed E-state index contributed by atoms with van der Waals surface area (Å²) in [6.07, 6.45) is -0.976. The van der Waals surface area contributed by atoms with E-state index in [1.165, 1.54) is 6.07 Å². The van der Waals surface area contributed by atoms with Gasteiger partial charge in [0.15, 0.2) is 11.8 Å². The van der Waals surface area contributed by atoms with E-state index in [-0.39, 0.29) is 5.56 Å². The van der Waals surface area contributed by atoms with E-state index >= 15 is 0 Å². The van der Waals surface area contributed by atoms with Crippen LogP contribution in [0.3, 0.4) is 0 Å². The lowest BCUT2D eigenvalue weighted by atomic mass is 10.1. The van der Waals surface area contributed by atoms with Gasteiger partial charge in [0.25, 0.3) is 0 Å². The number of hydrogen-bond acceptors (Lipinski definition) is 6. The number of benzene rings is 1. The molecule has 0 bridgehead atoms. The van der Waals surface area contributed by atoms with Crippen LogP contribution in [0.25, 0.3) is 0 Å². The first kappa shape index (κ1) is 17.2. The Morgan fingerprint density at radius 2 is 1.95 bits per heavy atom. The average Bonchev–Trinajstić information content (AvgIpc) is 2.34. The first-order chi connectivity index (χ1) is 10.0. The van der Waals surface area contributed by atoms with Gasteiger partial charge in [0.05, 0.1) is 4.92 Å². The standard InChI is InChI=1S/C13H16N2O7/c1-13(2,3)22-12(19)14-10(11(17)18)7-4-5-9(16)8(6-7)15(20)21/h4-6,10,16H,1-3H3,(H,14,19)(H,17,18)/t10-/m1/s1.